The number of nitrogens with one attached hydrogen (secondary N) is 1. The molecule has 2 heterocycles. The van der Waals surface area contributed by atoms with Crippen molar-refractivity contribution >= 4 is 38.9 Å². The third-order valence-electron chi connectivity index (χ3n) is 4.20. The van der Waals surface area contributed by atoms with Gasteiger partial charge in [-0.3, -0.25) is 9.59 Å². The van der Waals surface area contributed by atoms with Crippen molar-refractivity contribution in [1.29, 1.82) is 0 Å². The van der Waals surface area contributed by atoms with Gasteiger partial charge in [0.05, 0.1) is 0 Å². The molecule has 138 valence electrons. The Morgan fingerprint density at radius 1 is 1.04 bits per heavy atom. The number of carbonyl (C=O) groups excluding carboxylic acids is 2. The highest BCUT2D eigenvalue weighted by Gasteiger charge is 2.31. The van der Waals surface area contributed by atoms with Gasteiger partial charge in [0.15, 0.2) is 0 Å². The van der Waals surface area contributed by atoms with Gasteiger partial charge in [-0.1, -0.05) is 6.42 Å². The van der Waals surface area contributed by atoms with Crippen LogP contribution in [-0.2, 0) is 10.0 Å². The van der Waals surface area contributed by atoms with E-state index in [0.29, 0.717) is 24.3 Å². The maximum absolute atomic E-state index is 12.8. The average molecular weight is 393 g/mol. The number of sulfonamides is 1. The molecule has 1 fully saturated rings. The van der Waals surface area contributed by atoms with E-state index >= 15 is 0 Å². The molecule has 0 aliphatic carbocycles. The Labute approximate surface area is 155 Å². The highest BCUT2D eigenvalue weighted by Crippen LogP contribution is 2.28. The maximum atomic E-state index is 12.8. The smallest absolute Gasteiger partial charge is 0.267 e. The van der Waals surface area contributed by atoms with Crippen molar-refractivity contribution in [3.05, 3.63) is 46.2 Å². The number of nitrogens with zero attached hydrogens (tertiary/aromatic N) is 1. The first-order valence-corrected chi connectivity index (χ1v) is 10.5. The number of anilines is 1. The number of amides is 2. The number of benzene rings is 1. The molecule has 3 N–H and O–H groups in total. The fourth-order valence-corrected chi connectivity index (χ4v) is 5.63. The average Bonchev–Trinajstić information content (AvgIpc) is 3.14. The van der Waals surface area contributed by atoms with E-state index in [1.807, 2.05) is 0 Å². The van der Waals surface area contributed by atoms with Gasteiger partial charge in [0.2, 0.25) is 15.9 Å². The summed E-state index contributed by atoms with van der Waals surface area (Å²) in [5.41, 5.74) is 5.96. The summed E-state index contributed by atoms with van der Waals surface area (Å²) in [7, 11) is -3.68. The summed E-state index contributed by atoms with van der Waals surface area (Å²) in [5.74, 6) is -1.06. The standard InChI is InChI=1S/C17H19N3O4S2/c18-16(21)12-4-6-13(7-5-12)19-17(22)15-14(8-11-25-15)26(23,24)20-9-2-1-3-10-20/h4-8,11H,1-3,9-10H2,(H2,18,21)(H,19,22). The van der Waals surface area contributed by atoms with Crippen LogP contribution >= 0.6 is 11.3 Å². The van der Waals surface area contributed by atoms with Crippen LogP contribution in [0, 0.1) is 0 Å². The Morgan fingerprint density at radius 2 is 1.69 bits per heavy atom. The van der Waals surface area contributed by atoms with Crippen LogP contribution in [0.25, 0.3) is 0 Å². The van der Waals surface area contributed by atoms with E-state index in [1.165, 1.54) is 22.5 Å². The van der Waals surface area contributed by atoms with Crippen LogP contribution in [0.5, 0.6) is 0 Å². The number of thiophene rings is 1. The first-order valence-electron chi connectivity index (χ1n) is 8.18. The third-order valence-corrected chi connectivity index (χ3v) is 7.18. The van der Waals surface area contributed by atoms with Crippen LogP contribution in [0.4, 0.5) is 5.69 Å². The molecule has 0 atom stereocenters. The van der Waals surface area contributed by atoms with Gasteiger partial charge >= 0.3 is 0 Å². The number of piperidine rings is 1. The van der Waals surface area contributed by atoms with Crippen molar-refractivity contribution in [1.82, 2.24) is 4.31 Å². The summed E-state index contributed by atoms with van der Waals surface area (Å²) >= 11 is 1.08. The Balaban J connectivity index is 1.81. The topological polar surface area (TPSA) is 110 Å². The summed E-state index contributed by atoms with van der Waals surface area (Å²) < 4.78 is 27.1. The van der Waals surface area contributed by atoms with Crippen LogP contribution in [0.2, 0.25) is 0 Å². The monoisotopic (exact) mass is 393 g/mol. The highest BCUT2D eigenvalue weighted by molar-refractivity contribution is 7.89. The van der Waals surface area contributed by atoms with E-state index in [0.717, 1.165) is 30.6 Å². The van der Waals surface area contributed by atoms with Crippen molar-refractivity contribution in [3.63, 3.8) is 0 Å². The Morgan fingerprint density at radius 3 is 2.31 bits per heavy atom. The van der Waals surface area contributed by atoms with Crippen molar-refractivity contribution in [2.45, 2.75) is 24.2 Å². The molecule has 0 saturated carbocycles. The molecule has 2 aromatic rings. The molecule has 1 aromatic heterocycles. The number of carbonyl (C=O) groups is 2. The summed E-state index contributed by atoms with van der Waals surface area (Å²) in [6.07, 6.45) is 2.68. The first-order chi connectivity index (χ1) is 12.4. The predicted octanol–water partition coefficient (Wildman–Crippen LogP) is 2.27. The summed E-state index contributed by atoms with van der Waals surface area (Å²) in [6.45, 7) is 0.960. The Hall–Kier alpha value is -2.23. The number of hydrogen-bond acceptors (Lipinski definition) is 5. The van der Waals surface area contributed by atoms with E-state index in [2.05, 4.69) is 5.32 Å². The van der Waals surface area contributed by atoms with Gasteiger partial charge in [-0.15, -0.1) is 11.3 Å². The quantitative estimate of drug-likeness (QED) is 0.812. The lowest BCUT2D eigenvalue weighted by atomic mass is 10.2. The van der Waals surface area contributed by atoms with Gasteiger partial charge in [-0.25, -0.2) is 8.42 Å². The van der Waals surface area contributed by atoms with Gasteiger partial charge in [-0.2, -0.15) is 4.31 Å². The molecule has 1 saturated heterocycles. The SMILES string of the molecule is NC(=O)c1ccc(NC(=O)c2sccc2S(=O)(=O)N2CCCCC2)cc1. The van der Waals surface area contributed by atoms with Crippen LogP contribution in [-0.4, -0.2) is 37.6 Å². The zero-order chi connectivity index (χ0) is 18.7. The van der Waals surface area contributed by atoms with Crippen LogP contribution in [0.1, 0.15) is 39.3 Å². The van der Waals surface area contributed by atoms with Crippen molar-refractivity contribution in [2.24, 2.45) is 5.73 Å². The van der Waals surface area contributed by atoms with Crippen LogP contribution < -0.4 is 11.1 Å². The minimum atomic E-state index is -3.68. The Bertz CT molecular complexity index is 914. The highest BCUT2D eigenvalue weighted by atomic mass is 32.2. The zero-order valence-corrected chi connectivity index (χ0v) is 15.6. The summed E-state index contributed by atoms with van der Waals surface area (Å²) in [4.78, 5) is 23.8. The lowest BCUT2D eigenvalue weighted by Crippen LogP contribution is -2.36. The Kier molecular flexibility index (Phi) is 5.40. The van der Waals surface area contributed by atoms with Gasteiger partial charge in [0.25, 0.3) is 5.91 Å². The molecule has 1 aliphatic rings. The second-order valence-electron chi connectivity index (χ2n) is 5.97. The molecule has 0 spiro atoms. The molecule has 0 unspecified atom stereocenters. The van der Waals surface area contributed by atoms with E-state index < -0.39 is 21.8 Å². The molecule has 7 nitrogen and oxygen atoms in total. The number of nitrogens with two attached hydrogens (primary N) is 1. The second kappa shape index (κ2) is 7.56. The van der Waals surface area contributed by atoms with Gasteiger partial charge in [0.1, 0.15) is 9.77 Å². The molecule has 3 rings (SSSR count). The van der Waals surface area contributed by atoms with Crippen molar-refractivity contribution in [3.8, 4) is 0 Å². The van der Waals surface area contributed by atoms with E-state index in [-0.39, 0.29) is 9.77 Å². The number of hydrogen-bond donors (Lipinski definition) is 2. The summed E-state index contributed by atoms with van der Waals surface area (Å²) in [6, 6.07) is 7.56. The normalized spacial score (nSPS) is 15.5. The predicted molar refractivity (Wildman–Crippen MR) is 99.8 cm³/mol. The largest absolute Gasteiger partial charge is 0.366 e. The van der Waals surface area contributed by atoms with Crippen LogP contribution in [0.3, 0.4) is 0 Å². The molecule has 0 bridgehead atoms. The lowest BCUT2D eigenvalue weighted by molar-refractivity contribution is 0.0998. The maximum Gasteiger partial charge on any atom is 0.267 e. The van der Waals surface area contributed by atoms with E-state index in [1.54, 1.807) is 17.5 Å². The van der Waals surface area contributed by atoms with E-state index in [4.69, 9.17) is 5.73 Å². The molecule has 1 aliphatic heterocycles. The molecular formula is C17H19N3O4S2. The van der Waals surface area contributed by atoms with Gasteiger partial charge < -0.3 is 11.1 Å². The van der Waals surface area contributed by atoms with Crippen molar-refractivity contribution < 1.29 is 18.0 Å². The molecule has 9 heteroatoms. The molecule has 1 aromatic carbocycles. The molecule has 26 heavy (non-hydrogen) atoms. The van der Waals surface area contributed by atoms with Gasteiger partial charge in [-0.05, 0) is 48.6 Å². The fourth-order valence-electron chi connectivity index (χ4n) is 2.82. The first kappa shape index (κ1) is 18.6. The van der Waals surface area contributed by atoms with Gasteiger partial charge in [0, 0.05) is 24.3 Å². The lowest BCUT2D eigenvalue weighted by Gasteiger charge is -2.25. The van der Waals surface area contributed by atoms with Crippen molar-refractivity contribution in [2.75, 3.05) is 18.4 Å². The minimum absolute atomic E-state index is 0.0376. The van der Waals surface area contributed by atoms with Crippen LogP contribution in [0.15, 0.2) is 40.6 Å². The van der Waals surface area contributed by atoms with E-state index in [9.17, 15) is 18.0 Å². The zero-order valence-electron chi connectivity index (χ0n) is 14.0. The number of rotatable bonds is 5. The fraction of sp³-hybridized carbons (Fsp3) is 0.294. The third kappa shape index (κ3) is 3.79. The summed E-state index contributed by atoms with van der Waals surface area (Å²) in [5, 5.41) is 4.26. The molecular weight excluding hydrogens is 374 g/mol. The number of primary amides is 1. The molecule has 2 amide bonds. The minimum Gasteiger partial charge on any atom is -0.366 e. The second-order valence-corrected chi connectivity index (χ2v) is 8.80. The molecule has 0 radical (unpaired) electrons.